The predicted molar refractivity (Wildman–Crippen MR) is 98.0 cm³/mol. The standard InChI is InChI=1S/C20H16BrN/c1-15-13-19(21)11-12-20(15)22-14-16-7-9-18(10-8-16)17-5-3-2-4-6-17/h2-14H,1H3. The van der Waals surface area contributed by atoms with Gasteiger partial charge in [-0.15, -0.1) is 0 Å². The van der Waals surface area contributed by atoms with E-state index in [4.69, 9.17) is 0 Å². The van der Waals surface area contributed by atoms with Crippen molar-refractivity contribution in [2.24, 2.45) is 4.99 Å². The van der Waals surface area contributed by atoms with Crippen molar-refractivity contribution in [2.45, 2.75) is 6.92 Å². The van der Waals surface area contributed by atoms with Crippen LogP contribution < -0.4 is 0 Å². The minimum atomic E-state index is 0.996. The second kappa shape index (κ2) is 6.71. The van der Waals surface area contributed by atoms with E-state index in [2.05, 4.69) is 82.4 Å². The fourth-order valence-electron chi connectivity index (χ4n) is 2.30. The molecule has 0 radical (unpaired) electrons. The number of aliphatic imine (C=N–C) groups is 1. The largest absolute Gasteiger partial charge is 0.256 e. The summed E-state index contributed by atoms with van der Waals surface area (Å²) in [7, 11) is 0. The van der Waals surface area contributed by atoms with Gasteiger partial charge in [-0.05, 0) is 47.4 Å². The highest BCUT2D eigenvalue weighted by molar-refractivity contribution is 9.10. The second-order valence-corrected chi connectivity index (χ2v) is 6.09. The Hall–Kier alpha value is -2.19. The van der Waals surface area contributed by atoms with Crippen LogP contribution in [0.1, 0.15) is 11.1 Å². The summed E-state index contributed by atoms with van der Waals surface area (Å²) < 4.78 is 1.08. The van der Waals surface area contributed by atoms with E-state index in [0.29, 0.717) is 0 Å². The second-order valence-electron chi connectivity index (χ2n) is 5.18. The lowest BCUT2D eigenvalue weighted by Crippen LogP contribution is -1.83. The maximum Gasteiger partial charge on any atom is 0.0659 e. The van der Waals surface area contributed by atoms with Crippen LogP contribution in [0.3, 0.4) is 0 Å². The molecule has 22 heavy (non-hydrogen) atoms. The average molecular weight is 350 g/mol. The highest BCUT2D eigenvalue weighted by atomic mass is 79.9. The minimum absolute atomic E-state index is 0.996. The molecular weight excluding hydrogens is 334 g/mol. The quantitative estimate of drug-likeness (QED) is 0.501. The molecular formula is C20H16BrN. The molecule has 3 aromatic carbocycles. The van der Waals surface area contributed by atoms with Crippen LogP contribution >= 0.6 is 15.9 Å². The Morgan fingerprint density at radius 1 is 0.818 bits per heavy atom. The molecule has 0 aliphatic rings. The molecule has 0 N–H and O–H groups in total. The maximum absolute atomic E-state index is 4.57. The summed E-state index contributed by atoms with van der Waals surface area (Å²) in [5.74, 6) is 0. The third kappa shape index (κ3) is 3.52. The lowest BCUT2D eigenvalue weighted by atomic mass is 10.0. The zero-order valence-electron chi connectivity index (χ0n) is 12.3. The Kier molecular flexibility index (Phi) is 4.50. The van der Waals surface area contributed by atoms with Gasteiger partial charge in [0.15, 0.2) is 0 Å². The zero-order valence-corrected chi connectivity index (χ0v) is 13.9. The first-order valence-corrected chi connectivity index (χ1v) is 7.97. The van der Waals surface area contributed by atoms with Crippen LogP contribution in [-0.2, 0) is 0 Å². The normalized spacial score (nSPS) is 11.0. The van der Waals surface area contributed by atoms with Crippen molar-refractivity contribution >= 4 is 27.8 Å². The van der Waals surface area contributed by atoms with E-state index < -0.39 is 0 Å². The van der Waals surface area contributed by atoms with Crippen LogP contribution in [-0.4, -0.2) is 6.21 Å². The average Bonchev–Trinajstić information content (AvgIpc) is 2.55. The first-order valence-electron chi connectivity index (χ1n) is 7.18. The molecule has 0 heterocycles. The molecule has 0 bridgehead atoms. The molecule has 3 rings (SSSR count). The number of hydrogen-bond donors (Lipinski definition) is 0. The van der Waals surface area contributed by atoms with Gasteiger partial charge in [-0.1, -0.05) is 70.5 Å². The summed E-state index contributed by atoms with van der Waals surface area (Å²) in [4.78, 5) is 4.57. The Bertz CT molecular complexity index is 790. The molecule has 0 saturated carbocycles. The van der Waals surface area contributed by atoms with E-state index in [1.807, 2.05) is 24.4 Å². The van der Waals surface area contributed by atoms with Crippen molar-refractivity contribution in [3.05, 3.63) is 88.4 Å². The molecule has 108 valence electrons. The first kappa shape index (κ1) is 14.7. The Labute approximate surface area is 139 Å². The Morgan fingerprint density at radius 3 is 2.18 bits per heavy atom. The minimum Gasteiger partial charge on any atom is -0.256 e. The molecule has 2 heteroatoms. The fourth-order valence-corrected chi connectivity index (χ4v) is 2.78. The fraction of sp³-hybridized carbons (Fsp3) is 0.0500. The van der Waals surface area contributed by atoms with Gasteiger partial charge in [0.1, 0.15) is 0 Å². The summed E-state index contributed by atoms with van der Waals surface area (Å²) in [5.41, 5.74) is 5.70. The summed E-state index contributed by atoms with van der Waals surface area (Å²) >= 11 is 3.47. The van der Waals surface area contributed by atoms with Crippen LogP contribution in [0.5, 0.6) is 0 Å². The van der Waals surface area contributed by atoms with E-state index in [-0.39, 0.29) is 0 Å². The monoisotopic (exact) mass is 349 g/mol. The highest BCUT2D eigenvalue weighted by Crippen LogP contribution is 2.23. The summed E-state index contributed by atoms with van der Waals surface area (Å²) in [6, 6.07) is 24.9. The van der Waals surface area contributed by atoms with E-state index in [1.54, 1.807) is 0 Å². The third-order valence-electron chi connectivity index (χ3n) is 3.53. The van der Waals surface area contributed by atoms with Gasteiger partial charge in [0.2, 0.25) is 0 Å². The van der Waals surface area contributed by atoms with Gasteiger partial charge < -0.3 is 0 Å². The molecule has 0 unspecified atom stereocenters. The van der Waals surface area contributed by atoms with E-state index >= 15 is 0 Å². The highest BCUT2D eigenvalue weighted by Gasteiger charge is 1.98. The Morgan fingerprint density at radius 2 is 1.50 bits per heavy atom. The van der Waals surface area contributed by atoms with Crippen molar-refractivity contribution in [2.75, 3.05) is 0 Å². The number of hydrogen-bond acceptors (Lipinski definition) is 1. The molecule has 0 aromatic heterocycles. The number of halogens is 1. The maximum atomic E-state index is 4.57. The molecule has 1 nitrogen and oxygen atoms in total. The van der Waals surface area contributed by atoms with Crippen molar-refractivity contribution in [1.82, 2.24) is 0 Å². The predicted octanol–water partition coefficient (Wildman–Crippen LogP) is 6.18. The lowest BCUT2D eigenvalue weighted by molar-refractivity contribution is 1.39. The third-order valence-corrected chi connectivity index (χ3v) is 4.02. The van der Waals surface area contributed by atoms with Crippen molar-refractivity contribution < 1.29 is 0 Å². The molecule has 3 aromatic rings. The van der Waals surface area contributed by atoms with Crippen molar-refractivity contribution in [1.29, 1.82) is 0 Å². The number of aryl methyl sites for hydroxylation is 1. The molecule has 0 spiro atoms. The van der Waals surface area contributed by atoms with Gasteiger partial charge in [0, 0.05) is 10.7 Å². The smallest absolute Gasteiger partial charge is 0.0659 e. The van der Waals surface area contributed by atoms with Crippen LogP contribution in [0.25, 0.3) is 11.1 Å². The van der Waals surface area contributed by atoms with Crippen LogP contribution in [0, 0.1) is 6.92 Å². The van der Waals surface area contributed by atoms with Crippen molar-refractivity contribution in [3.8, 4) is 11.1 Å². The van der Waals surface area contributed by atoms with E-state index in [1.165, 1.54) is 11.1 Å². The van der Waals surface area contributed by atoms with Crippen LogP contribution in [0.15, 0.2) is 82.3 Å². The molecule has 0 atom stereocenters. The number of rotatable bonds is 3. The summed E-state index contributed by atoms with van der Waals surface area (Å²) in [5, 5.41) is 0. The van der Waals surface area contributed by atoms with E-state index in [0.717, 1.165) is 21.3 Å². The molecule has 0 aliphatic carbocycles. The van der Waals surface area contributed by atoms with Gasteiger partial charge in [-0.3, -0.25) is 4.99 Å². The van der Waals surface area contributed by atoms with Gasteiger partial charge in [-0.25, -0.2) is 0 Å². The number of nitrogens with zero attached hydrogens (tertiary/aromatic N) is 1. The molecule has 0 saturated heterocycles. The van der Waals surface area contributed by atoms with Gasteiger partial charge in [-0.2, -0.15) is 0 Å². The SMILES string of the molecule is Cc1cc(Br)ccc1N=Cc1ccc(-c2ccccc2)cc1. The molecule has 0 aliphatic heterocycles. The van der Waals surface area contributed by atoms with Gasteiger partial charge in [0.05, 0.1) is 5.69 Å². The molecule has 0 amide bonds. The van der Waals surface area contributed by atoms with Crippen molar-refractivity contribution in [3.63, 3.8) is 0 Å². The van der Waals surface area contributed by atoms with Gasteiger partial charge in [0.25, 0.3) is 0 Å². The lowest BCUT2D eigenvalue weighted by Gasteiger charge is -2.02. The first-order chi connectivity index (χ1) is 10.7. The molecule has 0 fully saturated rings. The number of benzene rings is 3. The summed E-state index contributed by atoms with van der Waals surface area (Å²) in [6.45, 7) is 2.07. The van der Waals surface area contributed by atoms with E-state index in [9.17, 15) is 0 Å². The Balaban J connectivity index is 1.80. The topological polar surface area (TPSA) is 12.4 Å². The van der Waals surface area contributed by atoms with Gasteiger partial charge >= 0.3 is 0 Å². The summed E-state index contributed by atoms with van der Waals surface area (Å²) in [6.07, 6.45) is 1.91. The zero-order chi connectivity index (χ0) is 15.4. The van der Waals surface area contributed by atoms with Crippen LogP contribution in [0.2, 0.25) is 0 Å². The van der Waals surface area contributed by atoms with Crippen LogP contribution in [0.4, 0.5) is 5.69 Å².